The quantitative estimate of drug-likeness (QED) is 0.118. The molecule has 1 aromatic heterocycles. The van der Waals surface area contributed by atoms with E-state index in [4.69, 9.17) is 18.9 Å². The Morgan fingerprint density at radius 2 is 1.85 bits per heavy atom. The molecule has 0 fully saturated rings. The van der Waals surface area contributed by atoms with Crippen LogP contribution in [0.3, 0.4) is 0 Å². The zero-order chi connectivity index (χ0) is 29.8. The molecule has 2 aromatic carbocycles. The molecule has 1 heterocycles. The zero-order valence-electron chi connectivity index (χ0n) is 23.5. The molecule has 12 heteroatoms. The number of amides is 2. The van der Waals surface area contributed by atoms with Crippen LogP contribution in [0.25, 0.3) is 10.1 Å². The van der Waals surface area contributed by atoms with E-state index in [-0.39, 0.29) is 43.0 Å². The van der Waals surface area contributed by atoms with Gasteiger partial charge in [0.05, 0.1) is 30.7 Å². The van der Waals surface area contributed by atoms with Gasteiger partial charge in [-0.3, -0.25) is 14.4 Å². The molecule has 0 saturated heterocycles. The Morgan fingerprint density at radius 1 is 1.05 bits per heavy atom. The third-order valence-electron chi connectivity index (χ3n) is 5.74. The minimum absolute atomic E-state index is 0.0846. The SMILES string of the molecule is COCCC(=NNC(=O)CNC(=O)c1ccc(OCCOC(=O)CC(C)C)c(OC)c1)c1csc2c(F)cccc12. The van der Waals surface area contributed by atoms with Crippen molar-refractivity contribution in [2.45, 2.75) is 26.7 Å². The Morgan fingerprint density at radius 3 is 2.59 bits per heavy atom. The first-order valence-electron chi connectivity index (χ1n) is 13.0. The first-order valence-corrected chi connectivity index (χ1v) is 13.9. The summed E-state index contributed by atoms with van der Waals surface area (Å²) >= 11 is 1.26. The Labute approximate surface area is 241 Å². The van der Waals surface area contributed by atoms with Crippen molar-refractivity contribution in [1.82, 2.24) is 10.7 Å². The molecule has 0 unspecified atom stereocenters. The Bertz CT molecular complexity index is 1390. The van der Waals surface area contributed by atoms with Crippen molar-refractivity contribution >= 4 is 44.9 Å². The number of fused-ring (bicyclic) bond motifs is 1. The van der Waals surface area contributed by atoms with Crippen molar-refractivity contribution in [2.75, 3.05) is 40.6 Å². The molecule has 3 aromatic rings. The van der Waals surface area contributed by atoms with Gasteiger partial charge in [0.25, 0.3) is 11.8 Å². The van der Waals surface area contributed by atoms with Crippen LogP contribution in [0.5, 0.6) is 11.5 Å². The van der Waals surface area contributed by atoms with Crippen molar-refractivity contribution in [2.24, 2.45) is 11.0 Å². The van der Waals surface area contributed by atoms with Crippen molar-refractivity contribution in [3.8, 4) is 11.5 Å². The van der Waals surface area contributed by atoms with E-state index in [2.05, 4.69) is 15.8 Å². The number of methoxy groups -OCH3 is 2. The number of nitrogens with zero attached hydrogens (tertiary/aromatic N) is 1. The third kappa shape index (κ3) is 9.25. The van der Waals surface area contributed by atoms with Crippen molar-refractivity contribution < 1.29 is 37.7 Å². The lowest BCUT2D eigenvalue weighted by Crippen LogP contribution is -2.35. The van der Waals surface area contributed by atoms with Crippen molar-refractivity contribution in [3.63, 3.8) is 0 Å². The summed E-state index contributed by atoms with van der Waals surface area (Å²) < 4.78 is 35.9. The normalized spacial score (nSPS) is 11.4. The number of carbonyl (C=O) groups excluding carboxylic acids is 3. The van der Waals surface area contributed by atoms with Gasteiger partial charge < -0.3 is 24.3 Å². The van der Waals surface area contributed by atoms with E-state index in [1.165, 1.54) is 36.6 Å². The van der Waals surface area contributed by atoms with Crippen LogP contribution in [-0.4, -0.2) is 64.1 Å². The molecule has 0 spiro atoms. The molecule has 2 amide bonds. The molecule has 10 nitrogen and oxygen atoms in total. The minimum Gasteiger partial charge on any atom is -0.493 e. The number of hydrogen-bond acceptors (Lipinski definition) is 9. The van der Waals surface area contributed by atoms with E-state index < -0.39 is 11.8 Å². The molecule has 0 aliphatic carbocycles. The van der Waals surface area contributed by atoms with Gasteiger partial charge in [0, 0.05) is 41.8 Å². The van der Waals surface area contributed by atoms with Crippen LogP contribution in [0.2, 0.25) is 0 Å². The standard InChI is InChI=1S/C29H34FN3O7S/c1-18(2)14-27(35)40-13-12-39-24-9-8-19(15-25(24)38-4)29(36)31-16-26(34)33-32-23(10-11-37-3)21-17-41-28-20(21)6-5-7-22(28)30/h5-9,15,17-18H,10-14,16H2,1-4H3,(H,31,36)(H,33,34). The Hall–Kier alpha value is -4.03. The summed E-state index contributed by atoms with van der Waals surface area (Å²) in [5.41, 5.74) is 3.93. The summed E-state index contributed by atoms with van der Waals surface area (Å²) in [5, 5.41) is 9.26. The summed E-state index contributed by atoms with van der Waals surface area (Å²) in [6.07, 6.45) is 0.722. The molecule has 2 N–H and O–H groups in total. The topological polar surface area (TPSA) is 125 Å². The maximum absolute atomic E-state index is 14.2. The lowest BCUT2D eigenvalue weighted by atomic mass is 10.1. The summed E-state index contributed by atoms with van der Waals surface area (Å²) in [5.74, 6) is -0.774. The first-order chi connectivity index (χ1) is 19.7. The van der Waals surface area contributed by atoms with E-state index in [1.807, 2.05) is 13.8 Å². The molecule has 0 atom stereocenters. The number of hydrazone groups is 1. The van der Waals surface area contributed by atoms with Gasteiger partial charge in [-0.05, 0) is 30.2 Å². The van der Waals surface area contributed by atoms with E-state index in [9.17, 15) is 18.8 Å². The van der Waals surface area contributed by atoms with E-state index in [1.54, 1.807) is 30.7 Å². The molecule has 220 valence electrons. The smallest absolute Gasteiger partial charge is 0.306 e. The second-order valence-corrected chi connectivity index (χ2v) is 10.2. The second kappa shape index (κ2) is 15.7. The highest BCUT2D eigenvalue weighted by Crippen LogP contribution is 2.30. The average molecular weight is 588 g/mol. The number of benzene rings is 2. The number of nitrogens with one attached hydrogen (secondary N) is 2. The summed E-state index contributed by atoms with van der Waals surface area (Å²) in [6.45, 7) is 4.08. The fourth-order valence-electron chi connectivity index (χ4n) is 3.75. The highest BCUT2D eigenvalue weighted by molar-refractivity contribution is 7.17. The predicted molar refractivity (Wildman–Crippen MR) is 154 cm³/mol. The number of carbonyl (C=O) groups is 3. The van der Waals surface area contributed by atoms with Gasteiger partial charge in [-0.1, -0.05) is 26.0 Å². The fourth-order valence-corrected chi connectivity index (χ4v) is 4.74. The van der Waals surface area contributed by atoms with Crippen LogP contribution >= 0.6 is 11.3 Å². The molecule has 0 saturated carbocycles. The number of halogens is 1. The van der Waals surface area contributed by atoms with E-state index in [0.29, 0.717) is 52.3 Å². The largest absolute Gasteiger partial charge is 0.493 e. The number of thiophene rings is 1. The number of hydrogen-bond donors (Lipinski definition) is 2. The van der Waals surface area contributed by atoms with Crippen LogP contribution in [0, 0.1) is 11.7 Å². The highest BCUT2D eigenvalue weighted by atomic mass is 32.1. The number of ether oxygens (including phenoxy) is 4. The zero-order valence-corrected chi connectivity index (χ0v) is 24.3. The van der Waals surface area contributed by atoms with E-state index in [0.717, 1.165) is 0 Å². The monoisotopic (exact) mass is 587 g/mol. The average Bonchev–Trinajstić information content (AvgIpc) is 3.39. The van der Waals surface area contributed by atoms with Gasteiger partial charge in [-0.2, -0.15) is 5.10 Å². The van der Waals surface area contributed by atoms with Gasteiger partial charge in [-0.15, -0.1) is 11.3 Å². The summed E-state index contributed by atoms with van der Waals surface area (Å²) in [4.78, 5) is 36.8. The number of esters is 1. The van der Waals surface area contributed by atoms with Crippen molar-refractivity contribution in [3.05, 3.63) is 58.7 Å². The molecule has 0 aliphatic rings. The summed E-state index contributed by atoms with van der Waals surface area (Å²) in [7, 11) is 2.99. The fraction of sp³-hybridized carbons (Fsp3) is 0.379. The Kier molecular flexibility index (Phi) is 12.0. The maximum atomic E-state index is 14.2. The molecular formula is C29H34FN3O7S. The lowest BCUT2D eigenvalue weighted by Gasteiger charge is -2.13. The summed E-state index contributed by atoms with van der Waals surface area (Å²) in [6, 6.07) is 9.37. The number of rotatable bonds is 15. The van der Waals surface area contributed by atoms with Crippen LogP contribution in [0.1, 0.15) is 42.6 Å². The molecule has 3 rings (SSSR count). The third-order valence-corrected chi connectivity index (χ3v) is 6.74. The molecule has 0 bridgehead atoms. The second-order valence-electron chi connectivity index (χ2n) is 9.32. The molecule has 0 radical (unpaired) electrons. The Balaban J connectivity index is 1.56. The van der Waals surface area contributed by atoms with Crippen LogP contribution in [0.15, 0.2) is 46.9 Å². The van der Waals surface area contributed by atoms with Gasteiger partial charge in [0.2, 0.25) is 0 Å². The van der Waals surface area contributed by atoms with Gasteiger partial charge in [-0.25, -0.2) is 9.82 Å². The van der Waals surface area contributed by atoms with Crippen LogP contribution in [-0.2, 0) is 19.1 Å². The van der Waals surface area contributed by atoms with Gasteiger partial charge in [0.15, 0.2) is 11.5 Å². The van der Waals surface area contributed by atoms with Crippen molar-refractivity contribution in [1.29, 1.82) is 0 Å². The molecular weight excluding hydrogens is 553 g/mol. The molecule has 0 aliphatic heterocycles. The lowest BCUT2D eigenvalue weighted by molar-refractivity contribution is -0.145. The van der Waals surface area contributed by atoms with Crippen LogP contribution < -0.4 is 20.2 Å². The molecule has 41 heavy (non-hydrogen) atoms. The van der Waals surface area contributed by atoms with Gasteiger partial charge >= 0.3 is 5.97 Å². The maximum Gasteiger partial charge on any atom is 0.306 e. The van der Waals surface area contributed by atoms with Crippen LogP contribution in [0.4, 0.5) is 4.39 Å². The van der Waals surface area contributed by atoms with Gasteiger partial charge in [0.1, 0.15) is 19.0 Å². The predicted octanol–water partition coefficient (Wildman–Crippen LogP) is 4.30. The first kappa shape index (κ1) is 31.5. The highest BCUT2D eigenvalue weighted by Gasteiger charge is 2.15. The minimum atomic E-state index is -0.544. The van der Waals surface area contributed by atoms with E-state index >= 15 is 0 Å².